The van der Waals surface area contributed by atoms with Crippen LogP contribution >= 0.6 is 0 Å². The molecule has 0 aliphatic carbocycles. The van der Waals surface area contributed by atoms with Gasteiger partial charge in [0.05, 0.1) is 12.2 Å². The molecular weight excluding hydrogens is 336 g/mol. The highest BCUT2D eigenvalue weighted by Crippen LogP contribution is 2.33. The first kappa shape index (κ1) is 19.6. The van der Waals surface area contributed by atoms with Gasteiger partial charge in [-0.1, -0.05) is 71.9 Å². The molecule has 3 nitrogen and oxygen atoms in total. The van der Waals surface area contributed by atoms with Crippen molar-refractivity contribution in [2.45, 2.75) is 58.5 Å². The van der Waals surface area contributed by atoms with Crippen molar-refractivity contribution in [1.29, 1.82) is 0 Å². The monoisotopic (exact) mass is 366 g/mol. The standard InChI is InChI=1S/C24H30O3/c1-23(2,3)16-11-12-19(21(13-16)27-15-17-14-26-17)22(25)18-9-7-8-10-20(18)24(4,5)6/h7-13,17H,14-15H2,1-6H3. The van der Waals surface area contributed by atoms with Crippen LogP contribution in [0.3, 0.4) is 0 Å². The maximum Gasteiger partial charge on any atom is 0.197 e. The van der Waals surface area contributed by atoms with Crippen LogP contribution in [0.1, 0.15) is 68.6 Å². The molecule has 1 aliphatic heterocycles. The second-order valence-electron chi connectivity index (χ2n) is 9.35. The summed E-state index contributed by atoms with van der Waals surface area (Å²) in [6.45, 7) is 14.1. The number of ether oxygens (including phenoxy) is 2. The van der Waals surface area contributed by atoms with Crippen LogP contribution in [0, 0.1) is 0 Å². The van der Waals surface area contributed by atoms with Crippen molar-refractivity contribution < 1.29 is 14.3 Å². The molecule has 0 N–H and O–H groups in total. The van der Waals surface area contributed by atoms with Crippen molar-refractivity contribution in [3.63, 3.8) is 0 Å². The van der Waals surface area contributed by atoms with Crippen LogP contribution in [-0.4, -0.2) is 25.1 Å². The molecule has 2 aromatic rings. The van der Waals surface area contributed by atoms with Crippen molar-refractivity contribution in [3.05, 3.63) is 64.7 Å². The molecule has 2 aromatic carbocycles. The minimum atomic E-state index is -0.111. The van der Waals surface area contributed by atoms with E-state index < -0.39 is 0 Å². The molecule has 0 amide bonds. The van der Waals surface area contributed by atoms with E-state index in [4.69, 9.17) is 9.47 Å². The Labute approximate surface area is 162 Å². The predicted octanol–water partition coefficient (Wildman–Crippen LogP) is 5.29. The van der Waals surface area contributed by atoms with E-state index in [-0.39, 0.29) is 22.7 Å². The number of hydrogen-bond acceptors (Lipinski definition) is 3. The van der Waals surface area contributed by atoms with Gasteiger partial charge in [-0.3, -0.25) is 4.79 Å². The summed E-state index contributed by atoms with van der Waals surface area (Å²) in [5.74, 6) is 0.652. The van der Waals surface area contributed by atoms with Gasteiger partial charge in [-0.15, -0.1) is 0 Å². The lowest BCUT2D eigenvalue weighted by Gasteiger charge is -2.24. The van der Waals surface area contributed by atoms with Gasteiger partial charge in [0.15, 0.2) is 5.78 Å². The van der Waals surface area contributed by atoms with Crippen molar-refractivity contribution >= 4 is 5.78 Å². The highest BCUT2D eigenvalue weighted by Gasteiger charge is 2.27. The predicted molar refractivity (Wildman–Crippen MR) is 109 cm³/mol. The Morgan fingerprint density at radius 1 is 1.00 bits per heavy atom. The van der Waals surface area contributed by atoms with Crippen LogP contribution in [0.4, 0.5) is 0 Å². The Kier molecular flexibility index (Phi) is 5.18. The fourth-order valence-electron chi connectivity index (χ4n) is 3.12. The Bertz CT molecular complexity index is 833. The Hall–Kier alpha value is -2.13. The molecular formula is C24H30O3. The number of rotatable bonds is 5. The Balaban J connectivity index is 2.03. The first-order valence-electron chi connectivity index (χ1n) is 9.60. The highest BCUT2D eigenvalue weighted by atomic mass is 16.6. The maximum atomic E-state index is 13.4. The lowest BCUT2D eigenvalue weighted by Crippen LogP contribution is -2.19. The quantitative estimate of drug-likeness (QED) is 0.533. The largest absolute Gasteiger partial charge is 0.490 e. The van der Waals surface area contributed by atoms with Crippen molar-refractivity contribution in [2.24, 2.45) is 0 Å². The van der Waals surface area contributed by atoms with Gasteiger partial charge >= 0.3 is 0 Å². The summed E-state index contributed by atoms with van der Waals surface area (Å²) >= 11 is 0. The SMILES string of the molecule is CC(C)(C)c1ccc(C(=O)c2ccccc2C(C)(C)C)c(OCC2CO2)c1. The van der Waals surface area contributed by atoms with Crippen LogP contribution in [0.15, 0.2) is 42.5 Å². The first-order valence-corrected chi connectivity index (χ1v) is 9.60. The third-order valence-electron chi connectivity index (χ3n) is 4.90. The van der Waals surface area contributed by atoms with E-state index in [1.807, 2.05) is 42.5 Å². The molecule has 0 bridgehead atoms. The third kappa shape index (κ3) is 4.59. The van der Waals surface area contributed by atoms with Gasteiger partial charge in [-0.25, -0.2) is 0 Å². The van der Waals surface area contributed by atoms with E-state index in [1.54, 1.807) is 0 Å². The fourth-order valence-corrected chi connectivity index (χ4v) is 3.12. The average molecular weight is 367 g/mol. The van der Waals surface area contributed by atoms with Gasteiger partial charge < -0.3 is 9.47 Å². The Morgan fingerprint density at radius 3 is 2.26 bits per heavy atom. The van der Waals surface area contributed by atoms with E-state index in [0.29, 0.717) is 17.9 Å². The lowest BCUT2D eigenvalue weighted by molar-refractivity contribution is 0.103. The number of ketones is 1. The van der Waals surface area contributed by atoms with E-state index in [1.165, 1.54) is 0 Å². The molecule has 1 aliphatic rings. The van der Waals surface area contributed by atoms with Crippen LogP contribution in [0.25, 0.3) is 0 Å². The zero-order chi connectivity index (χ0) is 19.8. The van der Waals surface area contributed by atoms with Gasteiger partial charge in [-0.2, -0.15) is 0 Å². The smallest absolute Gasteiger partial charge is 0.197 e. The van der Waals surface area contributed by atoms with Crippen LogP contribution in [0.2, 0.25) is 0 Å². The molecule has 1 fully saturated rings. The van der Waals surface area contributed by atoms with Gasteiger partial charge in [0, 0.05) is 5.56 Å². The molecule has 0 radical (unpaired) electrons. The van der Waals surface area contributed by atoms with Crippen LogP contribution in [-0.2, 0) is 15.6 Å². The number of carbonyl (C=O) groups is 1. The van der Waals surface area contributed by atoms with E-state index in [2.05, 4.69) is 41.5 Å². The zero-order valence-corrected chi connectivity index (χ0v) is 17.3. The summed E-state index contributed by atoms with van der Waals surface area (Å²) in [5.41, 5.74) is 3.42. The van der Waals surface area contributed by atoms with Crippen molar-refractivity contribution in [3.8, 4) is 5.75 Å². The van der Waals surface area contributed by atoms with Gasteiger partial charge in [0.25, 0.3) is 0 Å². The lowest BCUT2D eigenvalue weighted by atomic mass is 9.81. The molecule has 1 saturated heterocycles. The summed E-state index contributed by atoms with van der Waals surface area (Å²) in [6.07, 6.45) is 0.146. The number of carbonyl (C=O) groups excluding carboxylic acids is 1. The minimum Gasteiger partial charge on any atom is -0.490 e. The van der Waals surface area contributed by atoms with Gasteiger partial charge in [-0.05, 0) is 34.1 Å². The molecule has 0 spiro atoms. The molecule has 3 rings (SSSR count). The summed E-state index contributed by atoms with van der Waals surface area (Å²) in [4.78, 5) is 13.4. The summed E-state index contributed by atoms with van der Waals surface area (Å²) < 4.78 is 11.3. The number of epoxide rings is 1. The average Bonchev–Trinajstić information content (AvgIpc) is 3.42. The fraction of sp³-hybridized carbons (Fsp3) is 0.458. The number of hydrogen-bond donors (Lipinski definition) is 0. The van der Waals surface area contributed by atoms with Gasteiger partial charge in [0.2, 0.25) is 0 Å². The van der Waals surface area contributed by atoms with Gasteiger partial charge in [0.1, 0.15) is 18.5 Å². The first-order chi connectivity index (χ1) is 12.6. The van der Waals surface area contributed by atoms with E-state index in [0.717, 1.165) is 23.3 Å². The molecule has 144 valence electrons. The normalized spacial score (nSPS) is 16.9. The van der Waals surface area contributed by atoms with Crippen molar-refractivity contribution in [2.75, 3.05) is 13.2 Å². The molecule has 1 heterocycles. The van der Waals surface area contributed by atoms with E-state index in [9.17, 15) is 4.79 Å². The van der Waals surface area contributed by atoms with Crippen LogP contribution < -0.4 is 4.74 Å². The minimum absolute atomic E-state index is 0.00713. The van der Waals surface area contributed by atoms with Crippen LogP contribution in [0.5, 0.6) is 5.75 Å². The second-order valence-corrected chi connectivity index (χ2v) is 9.35. The maximum absolute atomic E-state index is 13.4. The summed E-state index contributed by atoms with van der Waals surface area (Å²) in [7, 11) is 0. The summed E-state index contributed by atoms with van der Waals surface area (Å²) in [5, 5.41) is 0. The Morgan fingerprint density at radius 2 is 1.67 bits per heavy atom. The molecule has 0 aromatic heterocycles. The molecule has 0 saturated carbocycles. The van der Waals surface area contributed by atoms with E-state index >= 15 is 0 Å². The highest BCUT2D eigenvalue weighted by molar-refractivity contribution is 6.11. The topological polar surface area (TPSA) is 38.8 Å². The molecule has 1 unspecified atom stereocenters. The second kappa shape index (κ2) is 7.12. The summed E-state index contributed by atoms with van der Waals surface area (Å²) in [6, 6.07) is 13.8. The number of benzene rings is 2. The third-order valence-corrected chi connectivity index (χ3v) is 4.90. The van der Waals surface area contributed by atoms with Crippen molar-refractivity contribution in [1.82, 2.24) is 0 Å². The molecule has 1 atom stereocenters. The molecule has 3 heteroatoms. The zero-order valence-electron chi connectivity index (χ0n) is 17.3. The molecule has 27 heavy (non-hydrogen) atoms.